The molecule has 5 rings (SSSR count). The molecule has 0 aromatic heterocycles. The van der Waals surface area contributed by atoms with Crippen molar-refractivity contribution in [3.8, 4) is 0 Å². The molecule has 0 aliphatic carbocycles. The first-order valence-corrected chi connectivity index (χ1v) is 8.35. The lowest BCUT2D eigenvalue weighted by molar-refractivity contribution is 0.0825. The van der Waals surface area contributed by atoms with Gasteiger partial charge in [-0.3, -0.25) is 14.5 Å². The largest absolute Gasteiger partial charge is 0.291 e. The normalized spacial score (nSPS) is 20.9. The van der Waals surface area contributed by atoms with E-state index in [2.05, 4.69) is 0 Å². The first kappa shape index (κ1) is 14.2. The number of nitrogens with zero attached hydrogens (tertiary/aromatic N) is 1. The Morgan fingerprint density at radius 3 is 2.16 bits per heavy atom. The number of carbonyl (C=O) groups excluding carboxylic acids is 2. The SMILES string of the molecule is O=C1c2ccccc2CC2(c3ccccc3)C(=O)c3ccccc3N12. The van der Waals surface area contributed by atoms with Crippen LogP contribution >= 0.6 is 0 Å². The van der Waals surface area contributed by atoms with E-state index in [1.165, 1.54) is 0 Å². The van der Waals surface area contributed by atoms with Crippen molar-refractivity contribution < 1.29 is 9.59 Å². The second-order valence-electron chi connectivity index (χ2n) is 6.55. The van der Waals surface area contributed by atoms with E-state index in [0.29, 0.717) is 23.2 Å². The van der Waals surface area contributed by atoms with Crippen molar-refractivity contribution in [1.82, 2.24) is 0 Å². The van der Waals surface area contributed by atoms with Crippen LogP contribution in [-0.4, -0.2) is 11.7 Å². The van der Waals surface area contributed by atoms with E-state index in [0.717, 1.165) is 11.1 Å². The number of amides is 1. The van der Waals surface area contributed by atoms with Gasteiger partial charge in [0.25, 0.3) is 5.91 Å². The maximum atomic E-state index is 13.5. The molecular weight excluding hydrogens is 310 g/mol. The number of hydrogen-bond donors (Lipinski definition) is 0. The second kappa shape index (κ2) is 4.90. The van der Waals surface area contributed by atoms with Gasteiger partial charge in [0.1, 0.15) is 5.54 Å². The van der Waals surface area contributed by atoms with Gasteiger partial charge in [-0.15, -0.1) is 0 Å². The number of fused-ring (bicyclic) bond motifs is 4. The lowest BCUT2D eigenvalue weighted by atomic mass is 9.76. The number of ketones is 1. The van der Waals surface area contributed by atoms with Crippen molar-refractivity contribution in [1.29, 1.82) is 0 Å². The van der Waals surface area contributed by atoms with Crippen LogP contribution in [0.25, 0.3) is 0 Å². The minimum absolute atomic E-state index is 0.00264. The van der Waals surface area contributed by atoms with Crippen molar-refractivity contribution in [3.63, 3.8) is 0 Å². The molecular formula is C22H15NO2. The molecule has 2 aliphatic heterocycles. The summed E-state index contributed by atoms with van der Waals surface area (Å²) in [7, 11) is 0. The van der Waals surface area contributed by atoms with Crippen LogP contribution in [0, 0.1) is 0 Å². The third kappa shape index (κ3) is 1.70. The van der Waals surface area contributed by atoms with Gasteiger partial charge in [-0.05, 0) is 29.3 Å². The van der Waals surface area contributed by atoms with Crippen molar-refractivity contribution in [2.24, 2.45) is 0 Å². The van der Waals surface area contributed by atoms with Crippen LogP contribution in [0.4, 0.5) is 5.69 Å². The van der Waals surface area contributed by atoms with Crippen LogP contribution in [0.2, 0.25) is 0 Å². The highest BCUT2D eigenvalue weighted by Crippen LogP contribution is 2.50. The standard InChI is InChI=1S/C22H15NO2/c24-20-18-12-6-7-13-19(18)23-21(25)17-11-5-4-8-15(17)14-22(20,23)16-9-2-1-3-10-16/h1-13H,14H2. The Balaban J connectivity index is 1.86. The molecule has 3 heteroatoms. The minimum Gasteiger partial charge on any atom is -0.291 e. The number of carbonyl (C=O) groups is 2. The molecule has 120 valence electrons. The fourth-order valence-electron chi connectivity index (χ4n) is 4.19. The summed E-state index contributed by atoms with van der Waals surface area (Å²) in [4.78, 5) is 28.6. The highest BCUT2D eigenvalue weighted by atomic mass is 16.2. The second-order valence-corrected chi connectivity index (χ2v) is 6.55. The Morgan fingerprint density at radius 2 is 1.36 bits per heavy atom. The predicted octanol–water partition coefficient (Wildman–Crippen LogP) is 3.98. The molecule has 0 bridgehead atoms. The van der Waals surface area contributed by atoms with Crippen LogP contribution < -0.4 is 4.90 Å². The Kier molecular flexibility index (Phi) is 2.78. The van der Waals surface area contributed by atoms with E-state index in [-0.39, 0.29) is 11.7 Å². The predicted molar refractivity (Wildman–Crippen MR) is 95.8 cm³/mol. The molecule has 1 unspecified atom stereocenters. The molecule has 0 spiro atoms. The molecule has 2 aliphatic rings. The summed E-state index contributed by atoms with van der Waals surface area (Å²) in [5.41, 5.74) is 2.80. The van der Waals surface area contributed by atoms with Gasteiger partial charge >= 0.3 is 0 Å². The Morgan fingerprint density at radius 1 is 0.720 bits per heavy atom. The summed E-state index contributed by atoms with van der Waals surface area (Å²) in [5.74, 6) is -0.110. The average molecular weight is 325 g/mol. The number of Topliss-reactive ketones (excluding diaryl/α,β-unsaturated/α-hetero) is 1. The van der Waals surface area contributed by atoms with Crippen molar-refractivity contribution >= 4 is 17.4 Å². The van der Waals surface area contributed by atoms with Crippen LogP contribution in [0.3, 0.4) is 0 Å². The number of benzene rings is 3. The Labute approximate surface area is 145 Å². The third-order valence-corrected chi connectivity index (χ3v) is 5.30. The van der Waals surface area contributed by atoms with Gasteiger partial charge in [-0.25, -0.2) is 0 Å². The number of hydrogen-bond acceptors (Lipinski definition) is 2. The maximum absolute atomic E-state index is 13.5. The van der Waals surface area contributed by atoms with Crippen LogP contribution in [0.15, 0.2) is 78.9 Å². The number of anilines is 1. The Bertz CT molecular complexity index is 1020. The van der Waals surface area contributed by atoms with Crippen molar-refractivity contribution in [3.05, 3.63) is 101 Å². The lowest BCUT2D eigenvalue weighted by Crippen LogP contribution is -2.55. The van der Waals surface area contributed by atoms with Gasteiger partial charge in [0.2, 0.25) is 0 Å². The van der Waals surface area contributed by atoms with Crippen LogP contribution in [0.1, 0.15) is 31.8 Å². The zero-order chi connectivity index (χ0) is 17.0. The van der Waals surface area contributed by atoms with Gasteiger partial charge < -0.3 is 0 Å². The van der Waals surface area contributed by atoms with Gasteiger partial charge in [0.05, 0.1) is 5.69 Å². The van der Waals surface area contributed by atoms with E-state index < -0.39 is 5.54 Å². The first-order chi connectivity index (χ1) is 12.2. The maximum Gasteiger partial charge on any atom is 0.259 e. The van der Waals surface area contributed by atoms with Crippen LogP contribution in [-0.2, 0) is 12.0 Å². The highest BCUT2D eigenvalue weighted by molar-refractivity contribution is 6.25. The molecule has 25 heavy (non-hydrogen) atoms. The molecule has 1 amide bonds. The van der Waals surface area contributed by atoms with E-state index in [1.807, 2.05) is 78.9 Å². The van der Waals surface area contributed by atoms with Crippen LogP contribution in [0.5, 0.6) is 0 Å². The Hall–Kier alpha value is -3.20. The fraction of sp³-hybridized carbons (Fsp3) is 0.0909. The van der Waals surface area contributed by atoms with Gasteiger partial charge in [-0.1, -0.05) is 60.7 Å². The quantitative estimate of drug-likeness (QED) is 0.678. The van der Waals surface area contributed by atoms with E-state index in [9.17, 15) is 9.59 Å². The summed E-state index contributed by atoms with van der Waals surface area (Å²) in [6, 6.07) is 24.7. The molecule has 3 nitrogen and oxygen atoms in total. The molecule has 0 radical (unpaired) electrons. The lowest BCUT2D eigenvalue weighted by Gasteiger charge is -2.42. The summed E-state index contributed by atoms with van der Waals surface area (Å²) in [5, 5.41) is 0. The van der Waals surface area contributed by atoms with Crippen molar-refractivity contribution in [2.75, 3.05) is 4.90 Å². The van der Waals surface area contributed by atoms with Gasteiger partial charge in [0, 0.05) is 17.5 Å². The summed E-state index contributed by atoms with van der Waals surface area (Å²) < 4.78 is 0. The third-order valence-electron chi connectivity index (χ3n) is 5.30. The number of rotatable bonds is 1. The van der Waals surface area contributed by atoms with E-state index in [4.69, 9.17) is 0 Å². The minimum atomic E-state index is -0.990. The molecule has 1 atom stereocenters. The van der Waals surface area contributed by atoms with Gasteiger partial charge in [0.15, 0.2) is 5.78 Å². The zero-order valence-corrected chi connectivity index (χ0v) is 13.5. The van der Waals surface area contributed by atoms with Gasteiger partial charge in [-0.2, -0.15) is 0 Å². The molecule has 0 fully saturated rings. The molecule has 3 aromatic carbocycles. The van der Waals surface area contributed by atoms with E-state index >= 15 is 0 Å². The van der Waals surface area contributed by atoms with Crippen molar-refractivity contribution in [2.45, 2.75) is 12.0 Å². The fourth-order valence-corrected chi connectivity index (χ4v) is 4.19. The summed E-state index contributed by atoms with van der Waals surface area (Å²) in [6.45, 7) is 0. The topological polar surface area (TPSA) is 37.4 Å². The van der Waals surface area contributed by atoms with E-state index in [1.54, 1.807) is 4.90 Å². The average Bonchev–Trinajstić information content (AvgIpc) is 2.93. The molecule has 0 N–H and O–H groups in total. The molecule has 2 heterocycles. The summed E-state index contributed by atoms with van der Waals surface area (Å²) >= 11 is 0. The highest BCUT2D eigenvalue weighted by Gasteiger charge is 2.57. The number of para-hydroxylation sites is 1. The first-order valence-electron chi connectivity index (χ1n) is 8.35. The zero-order valence-electron chi connectivity index (χ0n) is 13.5. The molecule has 0 saturated heterocycles. The summed E-state index contributed by atoms with van der Waals surface area (Å²) in [6.07, 6.45) is 0.493. The smallest absolute Gasteiger partial charge is 0.259 e. The monoisotopic (exact) mass is 325 g/mol. The molecule has 3 aromatic rings. The molecule has 0 saturated carbocycles.